The largest absolute Gasteiger partial charge is 0.494 e. The molecule has 0 saturated heterocycles. The SMILES string of the molecule is CC(C)(C)c1ccc(OCCCC(=O)Nc2ccc3c(c2)CCC(=O)N3)cc1. The Morgan fingerprint density at radius 1 is 1.11 bits per heavy atom. The number of ether oxygens (including phenoxy) is 1. The van der Waals surface area contributed by atoms with Crippen LogP contribution in [-0.2, 0) is 21.4 Å². The molecule has 0 fully saturated rings. The number of nitrogens with one attached hydrogen (secondary N) is 2. The summed E-state index contributed by atoms with van der Waals surface area (Å²) in [5.74, 6) is 0.828. The Balaban J connectivity index is 1.42. The van der Waals surface area contributed by atoms with Crippen LogP contribution in [0.2, 0.25) is 0 Å². The molecule has 2 amide bonds. The van der Waals surface area contributed by atoms with E-state index in [1.807, 2.05) is 30.3 Å². The van der Waals surface area contributed by atoms with Crippen molar-refractivity contribution in [1.29, 1.82) is 0 Å². The highest BCUT2D eigenvalue weighted by Crippen LogP contribution is 2.26. The second kappa shape index (κ2) is 8.46. The molecule has 3 rings (SSSR count). The molecule has 1 aliphatic rings. The lowest BCUT2D eigenvalue weighted by Gasteiger charge is -2.19. The number of benzene rings is 2. The van der Waals surface area contributed by atoms with Gasteiger partial charge in [0.25, 0.3) is 0 Å². The zero-order chi connectivity index (χ0) is 20.1. The third-order valence-corrected chi connectivity index (χ3v) is 4.82. The average molecular weight is 380 g/mol. The van der Waals surface area contributed by atoms with Crippen LogP contribution in [0.5, 0.6) is 5.75 Å². The summed E-state index contributed by atoms with van der Waals surface area (Å²) in [6.07, 6.45) is 2.23. The van der Waals surface area contributed by atoms with E-state index < -0.39 is 0 Å². The summed E-state index contributed by atoms with van der Waals surface area (Å²) in [6.45, 7) is 7.04. The fourth-order valence-corrected chi connectivity index (χ4v) is 3.16. The number of carbonyl (C=O) groups is 2. The van der Waals surface area contributed by atoms with Crippen LogP contribution in [0, 0.1) is 0 Å². The number of amides is 2. The Morgan fingerprint density at radius 2 is 1.86 bits per heavy atom. The fraction of sp³-hybridized carbons (Fsp3) is 0.391. The first-order valence-electron chi connectivity index (χ1n) is 9.77. The van der Waals surface area contributed by atoms with Gasteiger partial charge < -0.3 is 15.4 Å². The maximum atomic E-state index is 12.2. The van der Waals surface area contributed by atoms with Crippen LogP contribution in [0.25, 0.3) is 0 Å². The maximum absolute atomic E-state index is 12.2. The number of hydrogen-bond acceptors (Lipinski definition) is 3. The lowest BCUT2D eigenvalue weighted by atomic mass is 9.87. The Hall–Kier alpha value is -2.82. The van der Waals surface area contributed by atoms with Crippen molar-refractivity contribution < 1.29 is 14.3 Å². The predicted molar refractivity (Wildman–Crippen MR) is 112 cm³/mol. The van der Waals surface area contributed by atoms with E-state index in [0.717, 1.165) is 22.7 Å². The van der Waals surface area contributed by atoms with E-state index in [1.165, 1.54) is 5.56 Å². The molecule has 2 N–H and O–H groups in total. The first kappa shape index (κ1) is 19.9. The van der Waals surface area contributed by atoms with Crippen molar-refractivity contribution in [2.45, 2.75) is 51.9 Å². The number of anilines is 2. The normalized spacial score (nSPS) is 13.5. The Morgan fingerprint density at radius 3 is 2.57 bits per heavy atom. The van der Waals surface area contributed by atoms with Crippen LogP contribution in [0.15, 0.2) is 42.5 Å². The van der Waals surface area contributed by atoms with Crippen molar-refractivity contribution in [3.8, 4) is 5.75 Å². The molecule has 2 aromatic rings. The summed E-state index contributed by atoms with van der Waals surface area (Å²) in [4.78, 5) is 23.6. The summed E-state index contributed by atoms with van der Waals surface area (Å²) >= 11 is 0. The second-order valence-electron chi connectivity index (χ2n) is 8.19. The van der Waals surface area contributed by atoms with Crippen LogP contribution in [-0.4, -0.2) is 18.4 Å². The number of aryl methyl sites for hydroxylation is 1. The molecule has 0 atom stereocenters. The summed E-state index contributed by atoms with van der Waals surface area (Å²) in [7, 11) is 0. The first-order chi connectivity index (χ1) is 13.3. The first-order valence-corrected chi connectivity index (χ1v) is 9.77. The van der Waals surface area contributed by atoms with Gasteiger partial charge in [0.05, 0.1) is 6.61 Å². The molecule has 5 heteroatoms. The third kappa shape index (κ3) is 5.35. The summed E-state index contributed by atoms with van der Waals surface area (Å²) in [5, 5.41) is 5.76. The van der Waals surface area contributed by atoms with Crippen molar-refractivity contribution >= 4 is 23.2 Å². The Bertz CT molecular complexity index is 851. The minimum absolute atomic E-state index is 0.0357. The van der Waals surface area contributed by atoms with E-state index in [0.29, 0.717) is 32.3 Å². The van der Waals surface area contributed by atoms with Crippen LogP contribution in [0.3, 0.4) is 0 Å². The lowest BCUT2D eigenvalue weighted by Crippen LogP contribution is -2.19. The molecule has 0 aromatic heterocycles. The predicted octanol–water partition coefficient (Wildman–Crippen LogP) is 4.67. The molecule has 2 aromatic carbocycles. The smallest absolute Gasteiger partial charge is 0.224 e. The minimum atomic E-state index is -0.0357. The van der Waals surface area contributed by atoms with Crippen LogP contribution < -0.4 is 15.4 Å². The van der Waals surface area contributed by atoms with Crippen LogP contribution in [0.4, 0.5) is 11.4 Å². The summed E-state index contributed by atoms with van der Waals surface area (Å²) in [6, 6.07) is 13.7. The van der Waals surface area contributed by atoms with Crippen molar-refractivity contribution in [1.82, 2.24) is 0 Å². The zero-order valence-corrected chi connectivity index (χ0v) is 16.8. The van der Waals surface area contributed by atoms with E-state index in [9.17, 15) is 9.59 Å². The van der Waals surface area contributed by atoms with Gasteiger partial charge in [-0.1, -0.05) is 32.9 Å². The highest BCUT2D eigenvalue weighted by molar-refractivity contribution is 5.95. The standard InChI is InChI=1S/C23H28N2O3/c1-23(2,3)17-7-10-19(11-8-17)28-14-4-5-21(26)24-18-9-12-20-16(15-18)6-13-22(27)25-20/h7-12,15H,4-6,13-14H2,1-3H3,(H,24,26)(H,25,27). The van der Waals surface area contributed by atoms with E-state index in [-0.39, 0.29) is 17.2 Å². The highest BCUT2D eigenvalue weighted by atomic mass is 16.5. The van der Waals surface area contributed by atoms with Gasteiger partial charge in [0, 0.05) is 24.2 Å². The van der Waals surface area contributed by atoms with E-state index in [4.69, 9.17) is 4.74 Å². The van der Waals surface area contributed by atoms with E-state index in [2.05, 4.69) is 43.5 Å². The number of carbonyl (C=O) groups excluding carboxylic acids is 2. The number of rotatable bonds is 6. The molecule has 1 heterocycles. The molecule has 0 unspecified atom stereocenters. The molecule has 148 valence electrons. The molecule has 0 radical (unpaired) electrons. The maximum Gasteiger partial charge on any atom is 0.224 e. The van der Waals surface area contributed by atoms with Gasteiger partial charge in [-0.3, -0.25) is 9.59 Å². The lowest BCUT2D eigenvalue weighted by molar-refractivity contribution is -0.117. The van der Waals surface area contributed by atoms with E-state index in [1.54, 1.807) is 0 Å². The third-order valence-electron chi connectivity index (χ3n) is 4.82. The summed E-state index contributed by atoms with van der Waals surface area (Å²) < 4.78 is 5.74. The molecule has 28 heavy (non-hydrogen) atoms. The van der Waals surface area contributed by atoms with Gasteiger partial charge in [0.2, 0.25) is 11.8 Å². The van der Waals surface area contributed by atoms with Gasteiger partial charge in [-0.15, -0.1) is 0 Å². The molecule has 5 nitrogen and oxygen atoms in total. The second-order valence-corrected chi connectivity index (χ2v) is 8.19. The van der Waals surface area contributed by atoms with Crippen molar-refractivity contribution in [3.05, 3.63) is 53.6 Å². The van der Waals surface area contributed by atoms with Crippen molar-refractivity contribution in [3.63, 3.8) is 0 Å². The van der Waals surface area contributed by atoms with Gasteiger partial charge in [0.1, 0.15) is 5.75 Å². The number of hydrogen-bond donors (Lipinski definition) is 2. The van der Waals surface area contributed by atoms with Gasteiger partial charge in [0.15, 0.2) is 0 Å². The Kier molecular flexibility index (Phi) is 6.02. The molecule has 0 bridgehead atoms. The zero-order valence-electron chi connectivity index (χ0n) is 16.8. The molecular weight excluding hydrogens is 352 g/mol. The molecule has 0 aliphatic carbocycles. The topological polar surface area (TPSA) is 67.4 Å². The highest BCUT2D eigenvalue weighted by Gasteiger charge is 2.15. The fourth-order valence-electron chi connectivity index (χ4n) is 3.16. The quantitative estimate of drug-likeness (QED) is 0.716. The average Bonchev–Trinajstić information content (AvgIpc) is 2.65. The molecule has 0 saturated carbocycles. The van der Waals surface area contributed by atoms with Crippen molar-refractivity contribution in [2.75, 3.05) is 17.2 Å². The van der Waals surface area contributed by atoms with Gasteiger partial charge in [-0.05, 0) is 59.7 Å². The van der Waals surface area contributed by atoms with Crippen molar-refractivity contribution in [2.24, 2.45) is 0 Å². The van der Waals surface area contributed by atoms with Gasteiger partial charge in [-0.2, -0.15) is 0 Å². The van der Waals surface area contributed by atoms with Gasteiger partial charge in [-0.25, -0.2) is 0 Å². The monoisotopic (exact) mass is 380 g/mol. The van der Waals surface area contributed by atoms with Crippen LogP contribution in [0.1, 0.15) is 51.2 Å². The Labute approximate surface area is 166 Å². The van der Waals surface area contributed by atoms with E-state index >= 15 is 0 Å². The number of fused-ring (bicyclic) bond motifs is 1. The summed E-state index contributed by atoms with van der Waals surface area (Å²) in [5.41, 5.74) is 4.04. The molecule has 1 aliphatic heterocycles. The molecule has 0 spiro atoms. The molecular formula is C23H28N2O3. The van der Waals surface area contributed by atoms with Gasteiger partial charge >= 0.3 is 0 Å². The van der Waals surface area contributed by atoms with Crippen LogP contribution >= 0.6 is 0 Å². The minimum Gasteiger partial charge on any atom is -0.494 e.